The van der Waals surface area contributed by atoms with Crippen LogP contribution in [-0.2, 0) is 5.41 Å². The molecule has 0 amide bonds. The van der Waals surface area contributed by atoms with Gasteiger partial charge in [-0.05, 0) is 42.9 Å². The molecule has 1 N–H and O–H groups in total. The molecule has 0 aliphatic heterocycles. The fraction of sp³-hybridized carbons (Fsp3) is 0.750. The van der Waals surface area contributed by atoms with Gasteiger partial charge in [0, 0.05) is 15.8 Å². The molecule has 104 valence electrons. The van der Waals surface area contributed by atoms with Crippen LogP contribution in [0.5, 0.6) is 0 Å². The van der Waals surface area contributed by atoms with Gasteiger partial charge in [0.05, 0.1) is 0 Å². The third-order valence-corrected chi connectivity index (χ3v) is 4.87. The third kappa shape index (κ3) is 4.74. The van der Waals surface area contributed by atoms with Crippen LogP contribution in [0.4, 0.5) is 0 Å². The van der Waals surface area contributed by atoms with Crippen LogP contribution >= 0.6 is 11.3 Å². The molecule has 0 aliphatic carbocycles. The summed E-state index contributed by atoms with van der Waals surface area (Å²) in [5, 5.41) is 3.47. The first kappa shape index (κ1) is 15.7. The topological polar surface area (TPSA) is 12.0 Å². The highest BCUT2D eigenvalue weighted by molar-refractivity contribution is 7.12. The molecule has 0 aliphatic rings. The molecule has 0 fully saturated rings. The highest BCUT2D eigenvalue weighted by atomic mass is 32.1. The van der Waals surface area contributed by atoms with Crippen LogP contribution in [-0.4, -0.2) is 7.05 Å². The van der Waals surface area contributed by atoms with Gasteiger partial charge in [-0.15, -0.1) is 11.3 Å². The minimum Gasteiger partial charge on any atom is -0.312 e. The molecule has 0 spiro atoms. The van der Waals surface area contributed by atoms with Crippen molar-refractivity contribution in [2.24, 2.45) is 5.41 Å². The number of hydrogen-bond donors (Lipinski definition) is 1. The Hall–Kier alpha value is -0.340. The minimum atomic E-state index is 0.269. The predicted octanol–water partition coefficient (Wildman–Crippen LogP) is 5.13. The highest BCUT2D eigenvalue weighted by Gasteiger charge is 2.20. The van der Waals surface area contributed by atoms with E-state index in [0.29, 0.717) is 11.5 Å². The standard InChI is InChI=1S/C16H29NS/c1-15(2,3)11-10-12(17-7)13-8-9-14(18-13)16(4,5)6/h8-9,12,17H,10-11H2,1-7H3. The van der Waals surface area contributed by atoms with Crippen molar-refractivity contribution in [3.05, 3.63) is 21.9 Å². The van der Waals surface area contributed by atoms with Gasteiger partial charge in [-0.25, -0.2) is 0 Å². The summed E-state index contributed by atoms with van der Waals surface area (Å²) in [7, 11) is 2.07. The van der Waals surface area contributed by atoms with Crippen LogP contribution in [0.2, 0.25) is 0 Å². The number of thiophene rings is 1. The predicted molar refractivity (Wildman–Crippen MR) is 83.5 cm³/mol. The SMILES string of the molecule is CNC(CCC(C)(C)C)c1ccc(C(C)(C)C)s1. The average Bonchev–Trinajstić information content (AvgIpc) is 2.65. The lowest BCUT2D eigenvalue weighted by Gasteiger charge is -2.22. The van der Waals surface area contributed by atoms with Crippen LogP contribution < -0.4 is 5.32 Å². The van der Waals surface area contributed by atoms with Gasteiger partial charge in [-0.2, -0.15) is 0 Å². The second-order valence-electron chi connectivity index (χ2n) is 7.39. The Kier molecular flexibility index (Phi) is 5.02. The summed E-state index contributed by atoms with van der Waals surface area (Å²) >= 11 is 1.96. The summed E-state index contributed by atoms with van der Waals surface area (Å²) < 4.78 is 0. The smallest absolute Gasteiger partial charge is 0.0412 e. The molecule has 0 saturated heterocycles. The quantitative estimate of drug-likeness (QED) is 0.797. The molecule has 18 heavy (non-hydrogen) atoms. The van der Waals surface area contributed by atoms with Gasteiger partial charge < -0.3 is 5.32 Å². The monoisotopic (exact) mass is 267 g/mol. The number of rotatable bonds is 4. The van der Waals surface area contributed by atoms with Gasteiger partial charge in [0.15, 0.2) is 0 Å². The Morgan fingerprint density at radius 3 is 2.11 bits per heavy atom. The van der Waals surface area contributed by atoms with E-state index in [2.05, 4.69) is 66.0 Å². The molecule has 1 rings (SSSR count). The third-order valence-electron chi connectivity index (χ3n) is 3.24. The van der Waals surface area contributed by atoms with E-state index in [1.54, 1.807) is 0 Å². The summed E-state index contributed by atoms with van der Waals surface area (Å²) in [6.07, 6.45) is 2.46. The molecule has 0 bridgehead atoms. The number of nitrogens with one attached hydrogen (secondary N) is 1. The van der Waals surface area contributed by atoms with Crippen molar-refractivity contribution in [3.63, 3.8) is 0 Å². The van der Waals surface area contributed by atoms with E-state index in [4.69, 9.17) is 0 Å². The first-order valence-electron chi connectivity index (χ1n) is 6.91. The van der Waals surface area contributed by atoms with Crippen molar-refractivity contribution < 1.29 is 0 Å². The molecule has 2 heteroatoms. The minimum absolute atomic E-state index is 0.269. The molecule has 0 saturated carbocycles. The Morgan fingerprint density at radius 2 is 1.72 bits per heavy atom. The summed E-state index contributed by atoms with van der Waals surface area (Å²) in [4.78, 5) is 2.96. The zero-order valence-electron chi connectivity index (χ0n) is 13.1. The van der Waals surface area contributed by atoms with Crippen molar-refractivity contribution in [3.8, 4) is 0 Å². The lowest BCUT2D eigenvalue weighted by molar-refractivity contribution is 0.339. The second kappa shape index (κ2) is 5.75. The average molecular weight is 267 g/mol. The maximum Gasteiger partial charge on any atom is 0.0412 e. The largest absolute Gasteiger partial charge is 0.312 e. The van der Waals surface area contributed by atoms with E-state index in [1.165, 1.54) is 22.6 Å². The molecule has 0 aromatic carbocycles. The Balaban J connectivity index is 2.74. The van der Waals surface area contributed by atoms with Crippen LogP contribution in [0.1, 0.15) is 70.2 Å². The summed E-state index contributed by atoms with van der Waals surface area (Å²) in [6, 6.07) is 5.10. The fourth-order valence-electron chi connectivity index (χ4n) is 1.95. The van der Waals surface area contributed by atoms with E-state index in [0.717, 1.165) is 0 Å². The van der Waals surface area contributed by atoms with Crippen molar-refractivity contribution in [1.29, 1.82) is 0 Å². The fourth-order valence-corrected chi connectivity index (χ4v) is 3.16. The molecule has 1 heterocycles. The van der Waals surface area contributed by atoms with Crippen LogP contribution in [0.15, 0.2) is 12.1 Å². The first-order chi connectivity index (χ1) is 8.13. The molecule has 1 aromatic heterocycles. The van der Waals surface area contributed by atoms with E-state index in [-0.39, 0.29) is 5.41 Å². The molecule has 1 nitrogen and oxygen atoms in total. The van der Waals surface area contributed by atoms with Crippen LogP contribution in [0.3, 0.4) is 0 Å². The molecule has 0 radical (unpaired) electrons. The van der Waals surface area contributed by atoms with Crippen molar-refractivity contribution in [1.82, 2.24) is 5.32 Å². The lowest BCUT2D eigenvalue weighted by atomic mass is 9.88. The van der Waals surface area contributed by atoms with Gasteiger partial charge in [-0.1, -0.05) is 41.5 Å². The van der Waals surface area contributed by atoms with Gasteiger partial charge in [0.1, 0.15) is 0 Å². The van der Waals surface area contributed by atoms with Gasteiger partial charge in [0.25, 0.3) is 0 Å². The van der Waals surface area contributed by atoms with Gasteiger partial charge >= 0.3 is 0 Å². The van der Waals surface area contributed by atoms with Gasteiger partial charge in [0.2, 0.25) is 0 Å². The van der Waals surface area contributed by atoms with Crippen molar-refractivity contribution in [2.45, 2.75) is 65.8 Å². The normalized spacial score (nSPS) is 14.8. The maximum absolute atomic E-state index is 3.47. The Bertz CT molecular complexity index is 365. The summed E-state index contributed by atoms with van der Waals surface area (Å²) in [5.41, 5.74) is 0.685. The first-order valence-corrected chi connectivity index (χ1v) is 7.72. The summed E-state index contributed by atoms with van der Waals surface area (Å²) in [6.45, 7) is 13.8. The second-order valence-corrected chi connectivity index (χ2v) is 8.51. The van der Waals surface area contributed by atoms with E-state index in [1.807, 2.05) is 11.3 Å². The van der Waals surface area contributed by atoms with Gasteiger partial charge in [-0.3, -0.25) is 0 Å². The zero-order chi connectivity index (χ0) is 14.0. The van der Waals surface area contributed by atoms with Crippen LogP contribution in [0.25, 0.3) is 0 Å². The van der Waals surface area contributed by atoms with E-state index >= 15 is 0 Å². The summed E-state index contributed by atoms with van der Waals surface area (Å²) in [5.74, 6) is 0. The molecule has 1 atom stereocenters. The van der Waals surface area contributed by atoms with Crippen LogP contribution in [0, 0.1) is 5.41 Å². The number of hydrogen-bond acceptors (Lipinski definition) is 2. The highest BCUT2D eigenvalue weighted by Crippen LogP contribution is 2.35. The molecule has 1 unspecified atom stereocenters. The molecular weight excluding hydrogens is 238 g/mol. The Morgan fingerprint density at radius 1 is 1.11 bits per heavy atom. The van der Waals surface area contributed by atoms with E-state index < -0.39 is 0 Å². The van der Waals surface area contributed by atoms with Crippen molar-refractivity contribution >= 4 is 11.3 Å². The maximum atomic E-state index is 3.47. The molecular formula is C16H29NS. The molecule has 1 aromatic rings. The van der Waals surface area contributed by atoms with E-state index in [9.17, 15) is 0 Å². The van der Waals surface area contributed by atoms with Crippen molar-refractivity contribution in [2.75, 3.05) is 7.05 Å². The lowest BCUT2D eigenvalue weighted by Crippen LogP contribution is -2.18. The zero-order valence-corrected chi connectivity index (χ0v) is 13.9. The Labute approximate surface area is 117 Å².